The molecule has 4 nitrogen and oxygen atoms in total. The van der Waals surface area contributed by atoms with Crippen molar-refractivity contribution in [1.82, 2.24) is 9.97 Å². The number of nitrogens with zero attached hydrogens (tertiary/aromatic N) is 2. The van der Waals surface area contributed by atoms with E-state index in [1.54, 1.807) is 0 Å². The molecule has 154 valence electrons. The number of hydrogen-bond acceptors (Lipinski definition) is 4. The molecule has 0 amide bonds. The predicted molar refractivity (Wildman–Crippen MR) is 126 cm³/mol. The molecule has 0 spiro atoms. The van der Waals surface area contributed by atoms with Crippen molar-refractivity contribution in [1.29, 1.82) is 0 Å². The molecule has 0 radical (unpaired) electrons. The lowest BCUT2D eigenvalue weighted by molar-refractivity contribution is 0.488. The van der Waals surface area contributed by atoms with Crippen LogP contribution in [0.25, 0.3) is 44.5 Å². The zero-order valence-corrected chi connectivity index (χ0v) is 17.4. The van der Waals surface area contributed by atoms with Crippen molar-refractivity contribution in [3.8, 4) is 22.3 Å². The van der Waals surface area contributed by atoms with Crippen LogP contribution in [0.2, 0.25) is 0 Å². The van der Waals surface area contributed by atoms with Crippen LogP contribution in [0.1, 0.15) is 11.8 Å². The van der Waals surface area contributed by atoms with Crippen LogP contribution in [-0.2, 0) is 12.8 Å². The monoisotopic (exact) mass is 416 g/mol. The van der Waals surface area contributed by atoms with Crippen LogP contribution in [0.3, 0.4) is 0 Å². The van der Waals surface area contributed by atoms with Crippen LogP contribution in [0.15, 0.2) is 106 Å². The van der Waals surface area contributed by atoms with Crippen LogP contribution < -0.4 is 0 Å². The van der Waals surface area contributed by atoms with E-state index in [2.05, 4.69) is 58.5 Å². The molecule has 6 rings (SSSR count). The summed E-state index contributed by atoms with van der Waals surface area (Å²) in [5.74, 6) is 1.38. The van der Waals surface area contributed by atoms with Gasteiger partial charge in [-0.2, -0.15) is 0 Å². The Morgan fingerprint density at radius 3 is 1.34 bits per heavy atom. The summed E-state index contributed by atoms with van der Waals surface area (Å²) < 4.78 is 11.9. The van der Waals surface area contributed by atoms with Gasteiger partial charge in [0.2, 0.25) is 0 Å². The van der Waals surface area contributed by atoms with Crippen molar-refractivity contribution in [2.75, 3.05) is 0 Å². The Labute approximate surface area is 185 Å². The SMILES string of the molecule is c1ccc(-c2ccc3oc(CCc4nc5cc(-c6ccccc6)ccc5o4)nc3c2)cc1. The Balaban J connectivity index is 1.22. The second kappa shape index (κ2) is 7.82. The van der Waals surface area contributed by atoms with Crippen LogP contribution in [0, 0.1) is 0 Å². The number of oxazole rings is 2. The molecule has 0 unspecified atom stereocenters. The Morgan fingerprint density at radius 2 is 0.906 bits per heavy atom. The molecule has 0 bridgehead atoms. The standard InChI is InChI=1S/C28H20N2O2/c1-3-7-19(8-4-1)21-11-13-25-23(17-21)29-27(31-25)15-16-28-30-24-18-22(12-14-26(24)32-28)20-9-5-2-6-10-20/h1-14,17-18H,15-16H2. The van der Waals surface area contributed by atoms with Crippen LogP contribution >= 0.6 is 0 Å². The van der Waals surface area contributed by atoms with Crippen LogP contribution in [-0.4, -0.2) is 9.97 Å². The number of aryl methyl sites for hydroxylation is 2. The van der Waals surface area contributed by atoms with Gasteiger partial charge in [-0.25, -0.2) is 9.97 Å². The van der Waals surface area contributed by atoms with E-state index in [1.807, 2.05) is 48.5 Å². The topological polar surface area (TPSA) is 52.1 Å². The maximum absolute atomic E-state index is 5.95. The van der Waals surface area contributed by atoms with Gasteiger partial charge in [-0.05, 0) is 46.5 Å². The molecule has 0 aliphatic carbocycles. The largest absolute Gasteiger partial charge is 0.441 e. The quantitative estimate of drug-likeness (QED) is 0.301. The Hall–Kier alpha value is -4.18. The summed E-state index contributed by atoms with van der Waals surface area (Å²) in [4.78, 5) is 9.37. The minimum absolute atomic E-state index is 0.633. The normalized spacial score (nSPS) is 11.4. The van der Waals surface area contributed by atoms with E-state index in [0.717, 1.165) is 33.3 Å². The maximum atomic E-state index is 5.95. The summed E-state index contributed by atoms with van der Waals surface area (Å²) in [5, 5.41) is 0. The average Bonchev–Trinajstić information content (AvgIpc) is 3.46. The van der Waals surface area contributed by atoms with Gasteiger partial charge in [0.05, 0.1) is 0 Å². The lowest BCUT2D eigenvalue weighted by Crippen LogP contribution is -1.91. The molecule has 6 aromatic rings. The fraction of sp³-hybridized carbons (Fsp3) is 0.0714. The molecule has 32 heavy (non-hydrogen) atoms. The summed E-state index contributed by atoms with van der Waals surface area (Å²) in [6.45, 7) is 0. The van der Waals surface area contributed by atoms with Crippen molar-refractivity contribution >= 4 is 22.2 Å². The van der Waals surface area contributed by atoms with Crippen LogP contribution in [0.5, 0.6) is 0 Å². The molecular formula is C28H20N2O2. The van der Waals surface area contributed by atoms with Gasteiger partial charge in [0, 0.05) is 12.8 Å². The van der Waals surface area contributed by atoms with Gasteiger partial charge in [0.15, 0.2) is 22.9 Å². The molecule has 2 aromatic heterocycles. The fourth-order valence-electron chi connectivity index (χ4n) is 4.00. The fourth-order valence-corrected chi connectivity index (χ4v) is 4.00. The smallest absolute Gasteiger partial charge is 0.195 e. The lowest BCUT2D eigenvalue weighted by Gasteiger charge is -1.99. The average molecular weight is 416 g/mol. The molecule has 0 atom stereocenters. The molecule has 4 heteroatoms. The van der Waals surface area contributed by atoms with E-state index >= 15 is 0 Å². The first-order valence-corrected chi connectivity index (χ1v) is 10.7. The summed E-state index contributed by atoms with van der Waals surface area (Å²) >= 11 is 0. The summed E-state index contributed by atoms with van der Waals surface area (Å²) in [7, 11) is 0. The molecule has 0 saturated carbocycles. The third kappa shape index (κ3) is 3.56. The van der Waals surface area contributed by atoms with Crippen molar-refractivity contribution in [3.63, 3.8) is 0 Å². The first-order chi connectivity index (χ1) is 15.8. The van der Waals surface area contributed by atoms with Gasteiger partial charge in [-0.15, -0.1) is 0 Å². The van der Waals surface area contributed by atoms with Gasteiger partial charge in [-0.3, -0.25) is 0 Å². The van der Waals surface area contributed by atoms with Crippen molar-refractivity contribution in [2.24, 2.45) is 0 Å². The minimum Gasteiger partial charge on any atom is -0.441 e. The van der Waals surface area contributed by atoms with Crippen molar-refractivity contribution in [3.05, 3.63) is 109 Å². The Bertz CT molecular complexity index is 1400. The van der Waals surface area contributed by atoms with Crippen molar-refractivity contribution < 1.29 is 8.83 Å². The van der Waals surface area contributed by atoms with E-state index in [0.29, 0.717) is 24.6 Å². The van der Waals surface area contributed by atoms with Gasteiger partial charge in [-0.1, -0.05) is 72.8 Å². The summed E-state index contributed by atoms with van der Waals surface area (Å²) in [6.07, 6.45) is 1.27. The third-order valence-electron chi connectivity index (χ3n) is 5.63. The molecule has 0 aliphatic heterocycles. The van der Waals surface area contributed by atoms with E-state index in [1.165, 1.54) is 11.1 Å². The second-order valence-electron chi connectivity index (χ2n) is 7.81. The highest BCUT2D eigenvalue weighted by molar-refractivity contribution is 5.81. The Kier molecular flexibility index (Phi) is 4.54. The van der Waals surface area contributed by atoms with E-state index in [4.69, 9.17) is 8.83 Å². The van der Waals surface area contributed by atoms with Gasteiger partial charge in [0.1, 0.15) is 11.0 Å². The van der Waals surface area contributed by atoms with Gasteiger partial charge < -0.3 is 8.83 Å². The molecule has 0 fully saturated rings. The number of aromatic nitrogens is 2. The van der Waals surface area contributed by atoms with Gasteiger partial charge >= 0.3 is 0 Å². The highest BCUT2D eigenvalue weighted by Gasteiger charge is 2.11. The van der Waals surface area contributed by atoms with E-state index < -0.39 is 0 Å². The summed E-state index contributed by atoms with van der Waals surface area (Å²) in [6, 6.07) is 32.8. The first-order valence-electron chi connectivity index (χ1n) is 10.7. The van der Waals surface area contributed by atoms with Crippen molar-refractivity contribution in [2.45, 2.75) is 12.8 Å². The highest BCUT2D eigenvalue weighted by atomic mass is 16.4. The molecule has 0 N–H and O–H groups in total. The zero-order chi connectivity index (χ0) is 21.3. The molecule has 4 aromatic carbocycles. The van der Waals surface area contributed by atoms with E-state index in [9.17, 15) is 0 Å². The second-order valence-corrected chi connectivity index (χ2v) is 7.81. The molecule has 0 aliphatic rings. The highest BCUT2D eigenvalue weighted by Crippen LogP contribution is 2.27. The molecule has 2 heterocycles. The molecule has 0 saturated heterocycles. The Morgan fingerprint density at radius 1 is 0.469 bits per heavy atom. The van der Waals surface area contributed by atoms with Gasteiger partial charge in [0.25, 0.3) is 0 Å². The number of benzene rings is 4. The number of rotatable bonds is 5. The first kappa shape index (κ1) is 18.6. The lowest BCUT2D eigenvalue weighted by atomic mass is 10.1. The van der Waals surface area contributed by atoms with Crippen LogP contribution in [0.4, 0.5) is 0 Å². The predicted octanol–water partition coefficient (Wildman–Crippen LogP) is 7.09. The maximum Gasteiger partial charge on any atom is 0.195 e. The molecular weight excluding hydrogens is 396 g/mol. The van der Waals surface area contributed by atoms with E-state index in [-0.39, 0.29) is 0 Å². The third-order valence-corrected chi connectivity index (χ3v) is 5.63. The number of hydrogen-bond donors (Lipinski definition) is 0. The zero-order valence-electron chi connectivity index (χ0n) is 17.4. The number of fused-ring (bicyclic) bond motifs is 2. The summed E-state index contributed by atoms with van der Waals surface area (Å²) in [5.41, 5.74) is 7.92. The minimum atomic E-state index is 0.633.